The fourth-order valence-electron chi connectivity index (χ4n) is 2.58. The van der Waals surface area contributed by atoms with Crippen LogP contribution in [0.25, 0.3) is 16.8 Å². The van der Waals surface area contributed by atoms with Gasteiger partial charge in [-0.3, -0.25) is 9.59 Å². The molecule has 0 unspecified atom stereocenters. The van der Waals surface area contributed by atoms with Gasteiger partial charge in [-0.25, -0.2) is 4.79 Å². The van der Waals surface area contributed by atoms with E-state index in [1.54, 1.807) is 12.1 Å². The fraction of sp³-hybridized carbons (Fsp3) is 0.0455. The molecule has 0 aliphatic carbocycles. The first kappa shape index (κ1) is 18.1. The van der Waals surface area contributed by atoms with E-state index < -0.39 is 17.6 Å². The van der Waals surface area contributed by atoms with Crippen molar-refractivity contribution in [1.82, 2.24) is 5.32 Å². The highest BCUT2D eigenvalue weighted by Crippen LogP contribution is 2.22. The van der Waals surface area contributed by atoms with Crippen LogP contribution in [0.1, 0.15) is 5.56 Å². The second-order valence-electron chi connectivity index (χ2n) is 5.87. The molecule has 0 aliphatic rings. The third-order valence-electron chi connectivity index (χ3n) is 3.95. The number of anilines is 1. The molecule has 0 saturated carbocycles. The monoisotopic (exact) mass is 358 g/mol. The normalized spacial score (nSPS) is 10.7. The number of hydrogen-bond acceptors (Lipinski definition) is 3. The van der Waals surface area contributed by atoms with Gasteiger partial charge in [0.1, 0.15) is 0 Å². The molecule has 0 bridgehead atoms. The van der Waals surface area contributed by atoms with Crippen LogP contribution in [0.15, 0.2) is 78.9 Å². The molecule has 5 heteroatoms. The second kappa shape index (κ2) is 8.58. The van der Waals surface area contributed by atoms with E-state index in [4.69, 9.17) is 0 Å². The molecule has 0 aromatic heterocycles. The molecule has 0 heterocycles. The molecule has 2 amide bonds. The van der Waals surface area contributed by atoms with Crippen LogP contribution in [0.3, 0.4) is 0 Å². The SMILES string of the molecule is O=C(NCC(=O)C(=O)/C=C/c1ccccc1)Nc1cccc2ccccc12. The van der Waals surface area contributed by atoms with Crippen molar-refractivity contribution < 1.29 is 14.4 Å². The van der Waals surface area contributed by atoms with E-state index >= 15 is 0 Å². The number of ketones is 2. The summed E-state index contributed by atoms with van der Waals surface area (Å²) < 4.78 is 0. The minimum Gasteiger partial charge on any atom is -0.330 e. The van der Waals surface area contributed by atoms with Gasteiger partial charge in [-0.2, -0.15) is 0 Å². The molecule has 3 rings (SSSR count). The molecular weight excluding hydrogens is 340 g/mol. The number of amides is 2. The van der Waals surface area contributed by atoms with Crippen LogP contribution in [0.2, 0.25) is 0 Å². The zero-order valence-corrected chi connectivity index (χ0v) is 14.5. The standard InChI is InChI=1S/C22H18N2O3/c25-20(14-13-16-7-2-1-3-8-16)21(26)15-23-22(27)24-19-12-6-10-17-9-4-5-11-18(17)19/h1-14H,15H2,(H2,23,24,27)/b14-13+. The summed E-state index contributed by atoms with van der Waals surface area (Å²) in [6.07, 6.45) is 2.78. The Labute approximate surface area is 156 Å². The van der Waals surface area contributed by atoms with Gasteiger partial charge in [0.15, 0.2) is 0 Å². The zero-order chi connectivity index (χ0) is 19.1. The van der Waals surface area contributed by atoms with Crippen molar-refractivity contribution in [3.8, 4) is 0 Å². The Morgan fingerprint density at radius 1 is 0.815 bits per heavy atom. The van der Waals surface area contributed by atoms with E-state index in [0.29, 0.717) is 5.69 Å². The number of carbonyl (C=O) groups is 3. The first-order valence-corrected chi connectivity index (χ1v) is 8.46. The van der Waals surface area contributed by atoms with E-state index in [-0.39, 0.29) is 6.54 Å². The van der Waals surface area contributed by atoms with E-state index in [9.17, 15) is 14.4 Å². The van der Waals surface area contributed by atoms with Crippen LogP contribution in [0, 0.1) is 0 Å². The average Bonchev–Trinajstić information content (AvgIpc) is 2.71. The lowest BCUT2D eigenvalue weighted by atomic mass is 10.1. The summed E-state index contributed by atoms with van der Waals surface area (Å²) in [7, 11) is 0. The Morgan fingerprint density at radius 3 is 2.33 bits per heavy atom. The molecule has 5 nitrogen and oxygen atoms in total. The van der Waals surface area contributed by atoms with Crippen LogP contribution in [0.4, 0.5) is 10.5 Å². The van der Waals surface area contributed by atoms with E-state index in [2.05, 4.69) is 10.6 Å². The van der Waals surface area contributed by atoms with Crippen molar-refractivity contribution in [2.24, 2.45) is 0 Å². The van der Waals surface area contributed by atoms with Gasteiger partial charge in [0.25, 0.3) is 0 Å². The molecule has 0 radical (unpaired) electrons. The lowest BCUT2D eigenvalue weighted by Gasteiger charge is -2.09. The molecule has 134 valence electrons. The van der Waals surface area contributed by atoms with E-state index in [1.165, 1.54) is 6.08 Å². The third kappa shape index (κ3) is 4.89. The van der Waals surface area contributed by atoms with Gasteiger partial charge in [-0.1, -0.05) is 72.8 Å². The first-order chi connectivity index (χ1) is 13.1. The number of carbonyl (C=O) groups excluding carboxylic acids is 3. The number of Topliss-reactive ketones (excluding diaryl/α,β-unsaturated/α-hetero) is 1. The number of hydrogen-bond donors (Lipinski definition) is 2. The second-order valence-corrected chi connectivity index (χ2v) is 5.87. The lowest BCUT2D eigenvalue weighted by molar-refractivity contribution is -0.133. The molecule has 27 heavy (non-hydrogen) atoms. The number of benzene rings is 3. The molecule has 3 aromatic carbocycles. The highest BCUT2D eigenvalue weighted by Gasteiger charge is 2.12. The first-order valence-electron chi connectivity index (χ1n) is 8.46. The van der Waals surface area contributed by atoms with Gasteiger partial charge < -0.3 is 10.6 Å². The summed E-state index contributed by atoms with van der Waals surface area (Å²) in [6, 6.07) is 21.8. The van der Waals surface area contributed by atoms with Crippen LogP contribution < -0.4 is 10.6 Å². The van der Waals surface area contributed by atoms with Gasteiger partial charge in [-0.15, -0.1) is 0 Å². The van der Waals surface area contributed by atoms with Crippen LogP contribution >= 0.6 is 0 Å². The number of fused-ring (bicyclic) bond motifs is 1. The lowest BCUT2D eigenvalue weighted by Crippen LogP contribution is -2.35. The molecule has 3 aromatic rings. The Bertz CT molecular complexity index is 1010. The maximum Gasteiger partial charge on any atom is 0.319 e. The van der Waals surface area contributed by atoms with Gasteiger partial charge in [0.05, 0.1) is 12.2 Å². The Kier molecular flexibility index (Phi) is 5.74. The fourth-order valence-corrected chi connectivity index (χ4v) is 2.58. The zero-order valence-electron chi connectivity index (χ0n) is 14.5. The van der Waals surface area contributed by atoms with E-state index in [1.807, 2.05) is 66.7 Å². The van der Waals surface area contributed by atoms with Crippen molar-refractivity contribution in [3.63, 3.8) is 0 Å². The van der Waals surface area contributed by atoms with E-state index in [0.717, 1.165) is 16.3 Å². The molecular formula is C22H18N2O3. The van der Waals surface area contributed by atoms with Crippen molar-refractivity contribution in [2.45, 2.75) is 0 Å². The van der Waals surface area contributed by atoms with Gasteiger partial charge in [0, 0.05) is 5.39 Å². The van der Waals surface area contributed by atoms with Crippen LogP contribution in [-0.2, 0) is 9.59 Å². The Hall–Kier alpha value is -3.73. The highest BCUT2D eigenvalue weighted by atomic mass is 16.2. The topological polar surface area (TPSA) is 75.3 Å². The minimum absolute atomic E-state index is 0.367. The quantitative estimate of drug-likeness (QED) is 0.520. The summed E-state index contributed by atoms with van der Waals surface area (Å²) in [6.45, 7) is -0.367. The predicted molar refractivity (Wildman–Crippen MR) is 106 cm³/mol. The summed E-state index contributed by atoms with van der Waals surface area (Å²) in [5.41, 5.74) is 1.45. The van der Waals surface area contributed by atoms with Crippen molar-refractivity contribution in [2.75, 3.05) is 11.9 Å². The average molecular weight is 358 g/mol. The van der Waals surface area contributed by atoms with Gasteiger partial charge in [-0.05, 0) is 23.1 Å². The summed E-state index contributed by atoms with van der Waals surface area (Å²) in [5.74, 6) is -1.35. The molecule has 0 fully saturated rings. The summed E-state index contributed by atoms with van der Waals surface area (Å²) >= 11 is 0. The Balaban J connectivity index is 1.54. The largest absolute Gasteiger partial charge is 0.330 e. The number of urea groups is 1. The molecule has 0 saturated heterocycles. The third-order valence-corrected chi connectivity index (χ3v) is 3.95. The predicted octanol–water partition coefficient (Wildman–Crippen LogP) is 3.81. The van der Waals surface area contributed by atoms with Gasteiger partial charge in [0.2, 0.25) is 11.6 Å². The summed E-state index contributed by atoms with van der Waals surface area (Å²) in [4.78, 5) is 35.8. The van der Waals surface area contributed by atoms with Gasteiger partial charge >= 0.3 is 6.03 Å². The van der Waals surface area contributed by atoms with Crippen LogP contribution in [0.5, 0.6) is 0 Å². The smallest absolute Gasteiger partial charge is 0.319 e. The highest BCUT2D eigenvalue weighted by molar-refractivity contribution is 6.43. The number of nitrogens with one attached hydrogen (secondary N) is 2. The Morgan fingerprint density at radius 2 is 1.52 bits per heavy atom. The van der Waals surface area contributed by atoms with Crippen molar-refractivity contribution in [1.29, 1.82) is 0 Å². The minimum atomic E-state index is -0.685. The molecule has 0 aliphatic heterocycles. The van der Waals surface area contributed by atoms with Crippen molar-refractivity contribution in [3.05, 3.63) is 84.4 Å². The maximum absolute atomic E-state index is 12.1. The maximum atomic E-state index is 12.1. The summed E-state index contributed by atoms with van der Waals surface area (Å²) in [5, 5.41) is 7.01. The molecule has 0 atom stereocenters. The number of rotatable bonds is 6. The van der Waals surface area contributed by atoms with Crippen molar-refractivity contribution >= 4 is 40.1 Å². The molecule has 0 spiro atoms. The van der Waals surface area contributed by atoms with Crippen LogP contribution in [-0.4, -0.2) is 24.1 Å². The number of allylic oxidation sites excluding steroid dienone is 1. The molecule has 2 N–H and O–H groups in total.